The van der Waals surface area contributed by atoms with Crippen molar-refractivity contribution in [2.45, 2.75) is 18.7 Å². The smallest absolute Gasteiger partial charge is 0.213 e. The quantitative estimate of drug-likeness (QED) is 0.608. The second-order valence-electron chi connectivity index (χ2n) is 7.28. The highest BCUT2D eigenvalue weighted by molar-refractivity contribution is 6.02. The van der Waals surface area contributed by atoms with E-state index in [1.165, 1.54) is 12.1 Å². The van der Waals surface area contributed by atoms with E-state index in [1.807, 2.05) is 47.5 Å². The molecule has 0 saturated carbocycles. The van der Waals surface area contributed by atoms with Crippen molar-refractivity contribution in [3.05, 3.63) is 89.2 Å². The summed E-state index contributed by atoms with van der Waals surface area (Å²) in [5.41, 5.74) is 3.68. The van der Waals surface area contributed by atoms with Gasteiger partial charge in [0.25, 0.3) is 0 Å². The number of nitrogens with zero attached hydrogens (tertiary/aromatic N) is 2. The van der Waals surface area contributed by atoms with E-state index in [-0.39, 0.29) is 11.9 Å². The number of fused-ring (bicyclic) bond motifs is 3. The Balaban J connectivity index is 1.58. The number of rotatable bonds is 4. The minimum atomic E-state index is -0.502. The normalized spacial score (nSPS) is 19.4. The highest BCUT2D eigenvalue weighted by Gasteiger charge is 2.41. The predicted octanol–water partition coefficient (Wildman–Crippen LogP) is 5.09. The lowest BCUT2D eigenvalue weighted by Crippen LogP contribution is -2.33. The molecular weight excluding hydrogens is 383 g/mol. The molecule has 0 aliphatic carbocycles. The molecule has 3 aromatic rings. The third kappa shape index (κ3) is 3.05. The zero-order valence-electron chi connectivity index (χ0n) is 16.7. The van der Waals surface area contributed by atoms with Crippen LogP contribution in [-0.2, 0) is 0 Å². The van der Waals surface area contributed by atoms with Crippen LogP contribution in [-0.4, -0.2) is 24.9 Å². The molecule has 3 aromatic carbocycles. The van der Waals surface area contributed by atoms with Crippen LogP contribution in [0.25, 0.3) is 0 Å². The Bertz CT molecular complexity index is 1130. The first-order valence-electron chi connectivity index (χ1n) is 9.77. The van der Waals surface area contributed by atoms with Gasteiger partial charge in [-0.25, -0.2) is 9.40 Å². The number of benzene rings is 3. The molecule has 6 heteroatoms. The first-order chi connectivity index (χ1) is 14.7. The SMILES string of the molecule is COc1ccc(C2=NN3[C@H](C2)c2ccccc2O[C@H]3c2cccc(F)c2)cc1OC. The van der Waals surface area contributed by atoms with E-state index in [4.69, 9.17) is 19.3 Å². The van der Waals surface area contributed by atoms with Crippen molar-refractivity contribution in [3.8, 4) is 17.2 Å². The topological polar surface area (TPSA) is 43.3 Å². The third-order valence-electron chi connectivity index (χ3n) is 5.55. The van der Waals surface area contributed by atoms with Crippen LogP contribution in [0, 0.1) is 5.82 Å². The lowest BCUT2D eigenvalue weighted by atomic mass is 9.96. The summed E-state index contributed by atoms with van der Waals surface area (Å²) in [5, 5.41) is 6.84. The monoisotopic (exact) mass is 404 g/mol. The molecular formula is C24H21FN2O3. The van der Waals surface area contributed by atoms with Crippen molar-refractivity contribution in [2.75, 3.05) is 14.2 Å². The van der Waals surface area contributed by atoms with Gasteiger partial charge < -0.3 is 14.2 Å². The maximum absolute atomic E-state index is 13.9. The van der Waals surface area contributed by atoms with Crippen molar-refractivity contribution < 1.29 is 18.6 Å². The first-order valence-corrected chi connectivity index (χ1v) is 9.77. The van der Waals surface area contributed by atoms with Crippen LogP contribution < -0.4 is 14.2 Å². The molecule has 0 N–H and O–H groups in total. The number of ether oxygens (including phenoxy) is 3. The van der Waals surface area contributed by atoms with Gasteiger partial charge >= 0.3 is 0 Å². The van der Waals surface area contributed by atoms with Gasteiger partial charge in [-0.1, -0.05) is 30.3 Å². The van der Waals surface area contributed by atoms with Crippen molar-refractivity contribution >= 4 is 5.71 Å². The second-order valence-corrected chi connectivity index (χ2v) is 7.28. The van der Waals surface area contributed by atoms with Crippen LogP contribution in [0.1, 0.15) is 35.4 Å². The Morgan fingerprint density at radius 1 is 0.967 bits per heavy atom. The highest BCUT2D eigenvalue weighted by atomic mass is 19.1. The standard InChI is InChI=1S/C24H21FN2O3/c1-28-22-11-10-15(13-23(22)29-2)19-14-20-18-8-3-4-9-21(18)30-24(27(20)26-19)16-6-5-7-17(25)12-16/h3-13,20,24H,14H2,1-2H3/t20-,24+/m1/s1. The van der Waals surface area contributed by atoms with Gasteiger partial charge in [0.05, 0.1) is 26.0 Å². The van der Waals surface area contributed by atoms with E-state index in [0.29, 0.717) is 17.9 Å². The average Bonchev–Trinajstić information content (AvgIpc) is 3.24. The Kier molecular flexibility index (Phi) is 4.54. The summed E-state index contributed by atoms with van der Waals surface area (Å²) in [4.78, 5) is 0. The molecule has 5 rings (SSSR count). The lowest BCUT2D eigenvalue weighted by molar-refractivity contribution is -0.0192. The van der Waals surface area contributed by atoms with Gasteiger partial charge in [0, 0.05) is 23.1 Å². The van der Waals surface area contributed by atoms with Gasteiger partial charge in [0.15, 0.2) is 11.5 Å². The summed E-state index contributed by atoms with van der Waals surface area (Å²) >= 11 is 0. The second kappa shape index (κ2) is 7.37. The Morgan fingerprint density at radius 2 is 1.80 bits per heavy atom. The minimum Gasteiger partial charge on any atom is -0.493 e. The van der Waals surface area contributed by atoms with Gasteiger partial charge in [-0.15, -0.1) is 0 Å². The van der Waals surface area contributed by atoms with Gasteiger partial charge in [0.2, 0.25) is 6.23 Å². The summed E-state index contributed by atoms with van der Waals surface area (Å²) in [7, 11) is 3.23. The fourth-order valence-corrected chi connectivity index (χ4v) is 4.10. The Morgan fingerprint density at radius 3 is 2.60 bits per heavy atom. The highest BCUT2D eigenvalue weighted by Crippen LogP contribution is 2.47. The summed E-state index contributed by atoms with van der Waals surface area (Å²) < 4.78 is 31.0. The average molecular weight is 404 g/mol. The van der Waals surface area contributed by atoms with Gasteiger partial charge in [-0.3, -0.25) is 0 Å². The van der Waals surface area contributed by atoms with E-state index >= 15 is 0 Å². The zero-order valence-corrected chi connectivity index (χ0v) is 16.7. The number of halogens is 1. The summed E-state index contributed by atoms with van der Waals surface area (Å²) in [6.45, 7) is 0. The van der Waals surface area contributed by atoms with Gasteiger partial charge in [-0.2, -0.15) is 5.10 Å². The van der Waals surface area contributed by atoms with E-state index < -0.39 is 6.23 Å². The van der Waals surface area contributed by atoms with Crippen molar-refractivity contribution in [3.63, 3.8) is 0 Å². The van der Waals surface area contributed by atoms with Crippen LogP contribution in [0.15, 0.2) is 71.8 Å². The van der Waals surface area contributed by atoms with Gasteiger partial charge in [-0.05, 0) is 36.4 Å². The number of hydrogen-bond donors (Lipinski definition) is 0. The van der Waals surface area contributed by atoms with Crippen LogP contribution in [0.2, 0.25) is 0 Å². The maximum atomic E-state index is 13.9. The van der Waals surface area contributed by atoms with E-state index in [2.05, 4.69) is 6.07 Å². The van der Waals surface area contributed by atoms with Crippen molar-refractivity contribution in [2.24, 2.45) is 5.10 Å². The number of para-hydroxylation sites is 1. The van der Waals surface area contributed by atoms with Crippen molar-refractivity contribution in [1.29, 1.82) is 0 Å². The number of hydrogen-bond acceptors (Lipinski definition) is 5. The van der Waals surface area contributed by atoms with Crippen molar-refractivity contribution in [1.82, 2.24) is 5.01 Å². The molecule has 0 unspecified atom stereocenters. The first kappa shape index (κ1) is 18.5. The van der Waals surface area contributed by atoms with E-state index in [1.54, 1.807) is 20.3 Å². The van der Waals surface area contributed by atoms with E-state index in [0.717, 1.165) is 28.2 Å². The van der Waals surface area contributed by atoms with Crippen LogP contribution in [0.4, 0.5) is 4.39 Å². The summed E-state index contributed by atoms with van der Waals surface area (Å²) in [5.74, 6) is 1.83. The fourth-order valence-electron chi connectivity index (χ4n) is 4.10. The fraction of sp³-hybridized carbons (Fsp3) is 0.208. The van der Waals surface area contributed by atoms with Crippen LogP contribution in [0.3, 0.4) is 0 Å². The lowest BCUT2D eigenvalue weighted by Gasteiger charge is -2.38. The molecule has 5 nitrogen and oxygen atoms in total. The molecule has 0 bridgehead atoms. The molecule has 0 radical (unpaired) electrons. The molecule has 2 aliphatic heterocycles. The number of methoxy groups -OCH3 is 2. The van der Waals surface area contributed by atoms with Crippen LogP contribution >= 0.6 is 0 Å². The number of hydrazone groups is 1. The van der Waals surface area contributed by atoms with Gasteiger partial charge in [0.1, 0.15) is 11.6 Å². The van der Waals surface area contributed by atoms with E-state index in [9.17, 15) is 4.39 Å². The molecule has 0 aromatic heterocycles. The predicted molar refractivity (Wildman–Crippen MR) is 111 cm³/mol. The zero-order chi connectivity index (χ0) is 20.7. The summed E-state index contributed by atoms with van der Waals surface area (Å²) in [6, 6.07) is 20.2. The largest absolute Gasteiger partial charge is 0.493 e. The molecule has 0 saturated heterocycles. The Labute approximate surface area is 174 Å². The molecule has 2 heterocycles. The molecule has 152 valence electrons. The molecule has 2 aliphatic rings. The Hall–Kier alpha value is -3.54. The molecule has 0 amide bonds. The van der Waals surface area contributed by atoms with Crippen LogP contribution in [0.5, 0.6) is 17.2 Å². The third-order valence-corrected chi connectivity index (χ3v) is 5.55. The summed E-state index contributed by atoms with van der Waals surface area (Å²) in [6.07, 6.45) is 0.208. The molecule has 2 atom stereocenters. The molecule has 30 heavy (non-hydrogen) atoms. The minimum absolute atomic E-state index is 0.00585. The molecule has 0 spiro atoms. The maximum Gasteiger partial charge on any atom is 0.213 e. The molecule has 0 fully saturated rings.